The summed E-state index contributed by atoms with van der Waals surface area (Å²) in [6, 6.07) is 13.7. The minimum absolute atomic E-state index is 0.240. The van der Waals surface area contributed by atoms with Crippen LogP contribution in [0.2, 0.25) is 5.02 Å². The highest BCUT2D eigenvalue weighted by Gasteiger charge is 2.20. The van der Waals surface area contributed by atoms with E-state index in [2.05, 4.69) is 20.6 Å². The maximum absolute atomic E-state index is 12.9. The van der Waals surface area contributed by atoms with Crippen LogP contribution in [0.3, 0.4) is 0 Å². The Hall–Kier alpha value is -3.65. The normalized spacial score (nSPS) is 13.5. The summed E-state index contributed by atoms with van der Waals surface area (Å²) >= 11 is 5.89. The highest BCUT2D eigenvalue weighted by atomic mass is 35.5. The summed E-state index contributed by atoms with van der Waals surface area (Å²) in [5, 5.41) is 18.7. The van der Waals surface area contributed by atoms with Gasteiger partial charge in [0.2, 0.25) is 0 Å². The standard InChI is InChI=1S/C24H25ClN6O2/c1-30-22(20(15-27-30)24(33)28-19-11-9-18(25)10-12-19)29-23(32)17-7-5-16(6-8-17)21(26)31-13-3-2-4-14-31/h5-12,15,26H,2-4,13-14H2,1H3,(H,28,33)(H,29,32). The van der Waals surface area contributed by atoms with E-state index in [9.17, 15) is 9.59 Å². The van der Waals surface area contributed by atoms with Crippen LogP contribution in [0.1, 0.15) is 45.5 Å². The Morgan fingerprint density at radius 1 is 0.909 bits per heavy atom. The molecule has 0 radical (unpaired) electrons. The number of anilines is 2. The second-order valence-corrected chi connectivity index (χ2v) is 8.36. The van der Waals surface area contributed by atoms with Crippen LogP contribution in [0.25, 0.3) is 0 Å². The van der Waals surface area contributed by atoms with Crippen molar-refractivity contribution in [3.05, 3.63) is 76.4 Å². The van der Waals surface area contributed by atoms with Gasteiger partial charge in [-0.05, 0) is 55.7 Å². The average Bonchev–Trinajstić information content (AvgIpc) is 3.20. The van der Waals surface area contributed by atoms with Crippen LogP contribution in [-0.2, 0) is 7.05 Å². The monoisotopic (exact) mass is 464 g/mol. The third-order valence-corrected chi connectivity index (χ3v) is 5.86. The van der Waals surface area contributed by atoms with Crippen molar-refractivity contribution in [3.8, 4) is 0 Å². The number of likely N-dealkylation sites (tertiary alicyclic amines) is 1. The van der Waals surface area contributed by atoms with Crippen molar-refractivity contribution in [2.24, 2.45) is 7.05 Å². The third-order valence-electron chi connectivity index (χ3n) is 5.61. The molecule has 1 aliphatic rings. The number of nitrogens with one attached hydrogen (secondary N) is 3. The van der Waals surface area contributed by atoms with Crippen LogP contribution in [0.15, 0.2) is 54.7 Å². The van der Waals surface area contributed by atoms with E-state index < -0.39 is 5.91 Å². The highest BCUT2D eigenvalue weighted by molar-refractivity contribution is 6.30. The SMILES string of the molecule is Cn1ncc(C(=O)Nc2ccc(Cl)cc2)c1NC(=O)c1ccc(C(=N)N2CCCCC2)cc1. The van der Waals surface area contributed by atoms with Crippen molar-refractivity contribution >= 4 is 40.8 Å². The van der Waals surface area contributed by atoms with Gasteiger partial charge in [0.15, 0.2) is 0 Å². The molecule has 1 fully saturated rings. The summed E-state index contributed by atoms with van der Waals surface area (Å²) in [7, 11) is 1.65. The summed E-state index contributed by atoms with van der Waals surface area (Å²) in [5.74, 6) is 0.00675. The quantitative estimate of drug-likeness (QED) is 0.385. The van der Waals surface area contributed by atoms with Gasteiger partial charge in [-0.3, -0.25) is 19.7 Å². The summed E-state index contributed by atoms with van der Waals surface area (Å²) in [6.45, 7) is 1.78. The molecular formula is C24H25ClN6O2. The Balaban J connectivity index is 1.45. The molecule has 0 unspecified atom stereocenters. The minimum atomic E-state index is -0.397. The number of piperidine rings is 1. The fraction of sp³-hybridized carbons (Fsp3) is 0.250. The first-order valence-electron chi connectivity index (χ1n) is 10.8. The molecule has 33 heavy (non-hydrogen) atoms. The molecule has 3 N–H and O–H groups in total. The molecule has 0 spiro atoms. The lowest BCUT2D eigenvalue weighted by Crippen LogP contribution is -2.35. The molecule has 2 heterocycles. The van der Waals surface area contributed by atoms with Crippen molar-refractivity contribution in [1.82, 2.24) is 14.7 Å². The first-order valence-corrected chi connectivity index (χ1v) is 11.1. The number of rotatable bonds is 5. The van der Waals surface area contributed by atoms with E-state index in [1.54, 1.807) is 55.6 Å². The Kier molecular flexibility index (Phi) is 6.74. The molecule has 0 atom stereocenters. The van der Waals surface area contributed by atoms with Crippen LogP contribution < -0.4 is 10.6 Å². The van der Waals surface area contributed by atoms with Gasteiger partial charge in [0.05, 0.1) is 6.20 Å². The predicted molar refractivity (Wildman–Crippen MR) is 129 cm³/mol. The molecule has 2 amide bonds. The number of carbonyl (C=O) groups excluding carboxylic acids is 2. The van der Waals surface area contributed by atoms with Gasteiger partial charge in [0, 0.05) is 42.0 Å². The molecule has 3 aromatic rings. The zero-order valence-corrected chi connectivity index (χ0v) is 19.0. The molecule has 1 saturated heterocycles. The number of aryl methyl sites for hydroxylation is 1. The minimum Gasteiger partial charge on any atom is -0.357 e. The first-order chi connectivity index (χ1) is 15.9. The number of aromatic nitrogens is 2. The van der Waals surface area contributed by atoms with Crippen LogP contribution in [0.5, 0.6) is 0 Å². The molecule has 8 nitrogen and oxygen atoms in total. The van der Waals surface area contributed by atoms with Gasteiger partial charge in [0.1, 0.15) is 17.2 Å². The van der Waals surface area contributed by atoms with Crippen molar-refractivity contribution in [2.75, 3.05) is 23.7 Å². The lowest BCUT2D eigenvalue weighted by molar-refractivity contribution is 0.102. The number of carbonyl (C=O) groups is 2. The Bertz CT molecular complexity index is 1160. The van der Waals surface area contributed by atoms with E-state index in [-0.39, 0.29) is 17.3 Å². The fourth-order valence-electron chi connectivity index (χ4n) is 3.74. The van der Waals surface area contributed by atoms with Gasteiger partial charge < -0.3 is 15.5 Å². The van der Waals surface area contributed by atoms with Crippen molar-refractivity contribution < 1.29 is 9.59 Å². The molecule has 4 rings (SSSR count). The van der Waals surface area contributed by atoms with Crippen molar-refractivity contribution in [1.29, 1.82) is 5.41 Å². The highest BCUT2D eigenvalue weighted by Crippen LogP contribution is 2.20. The van der Waals surface area contributed by atoms with Crippen LogP contribution >= 0.6 is 11.6 Å². The Morgan fingerprint density at radius 2 is 1.55 bits per heavy atom. The predicted octanol–water partition coefficient (Wildman–Crippen LogP) is 4.39. The molecule has 9 heteroatoms. The van der Waals surface area contributed by atoms with Crippen LogP contribution in [0.4, 0.5) is 11.5 Å². The van der Waals surface area contributed by atoms with Crippen molar-refractivity contribution in [2.45, 2.75) is 19.3 Å². The number of benzene rings is 2. The lowest BCUT2D eigenvalue weighted by Gasteiger charge is -2.29. The van der Waals surface area contributed by atoms with Gasteiger partial charge >= 0.3 is 0 Å². The molecule has 170 valence electrons. The Morgan fingerprint density at radius 3 is 2.21 bits per heavy atom. The first kappa shape index (κ1) is 22.5. The lowest BCUT2D eigenvalue weighted by atomic mass is 10.1. The molecular weight excluding hydrogens is 440 g/mol. The van der Waals surface area contributed by atoms with Gasteiger partial charge in [-0.15, -0.1) is 0 Å². The summed E-state index contributed by atoms with van der Waals surface area (Å²) in [5.41, 5.74) is 2.02. The molecule has 2 aromatic carbocycles. The topological polar surface area (TPSA) is 103 Å². The summed E-state index contributed by atoms with van der Waals surface area (Å²) in [4.78, 5) is 27.7. The molecule has 0 bridgehead atoms. The Labute approximate surface area is 197 Å². The average molecular weight is 465 g/mol. The number of hydrogen-bond acceptors (Lipinski definition) is 4. The fourth-order valence-corrected chi connectivity index (χ4v) is 3.87. The third kappa shape index (κ3) is 5.23. The van der Waals surface area contributed by atoms with Crippen molar-refractivity contribution in [3.63, 3.8) is 0 Å². The van der Waals surface area contributed by atoms with E-state index in [0.29, 0.717) is 22.1 Å². The number of amides is 2. The molecule has 1 aliphatic heterocycles. The van der Waals surface area contributed by atoms with E-state index in [1.165, 1.54) is 17.3 Å². The smallest absolute Gasteiger partial charge is 0.261 e. The second kappa shape index (κ2) is 9.87. The summed E-state index contributed by atoms with van der Waals surface area (Å²) < 4.78 is 1.44. The maximum Gasteiger partial charge on any atom is 0.261 e. The zero-order valence-electron chi connectivity index (χ0n) is 18.3. The van der Waals surface area contributed by atoms with Gasteiger partial charge in [-0.25, -0.2) is 0 Å². The molecule has 0 saturated carbocycles. The van der Waals surface area contributed by atoms with E-state index in [1.807, 2.05) is 0 Å². The maximum atomic E-state index is 12.9. The molecule has 1 aromatic heterocycles. The van der Waals surface area contributed by atoms with Gasteiger partial charge in [0.25, 0.3) is 11.8 Å². The van der Waals surface area contributed by atoms with E-state index in [0.717, 1.165) is 31.5 Å². The summed E-state index contributed by atoms with van der Waals surface area (Å²) in [6.07, 6.45) is 4.81. The second-order valence-electron chi connectivity index (χ2n) is 7.92. The van der Waals surface area contributed by atoms with E-state index >= 15 is 0 Å². The number of nitrogens with zero attached hydrogens (tertiary/aromatic N) is 3. The number of amidine groups is 1. The number of halogens is 1. The van der Waals surface area contributed by atoms with Gasteiger partial charge in [-0.1, -0.05) is 23.7 Å². The largest absolute Gasteiger partial charge is 0.357 e. The van der Waals surface area contributed by atoms with Crippen LogP contribution in [-0.4, -0.2) is 45.4 Å². The van der Waals surface area contributed by atoms with E-state index in [4.69, 9.17) is 17.0 Å². The van der Waals surface area contributed by atoms with Crippen LogP contribution in [0, 0.1) is 5.41 Å². The number of hydrogen-bond donors (Lipinski definition) is 3. The van der Waals surface area contributed by atoms with Gasteiger partial charge in [-0.2, -0.15) is 5.10 Å². The molecule has 0 aliphatic carbocycles. The zero-order chi connectivity index (χ0) is 23.4.